The Morgan fingerprint density at radius 3 is 2.39 bits per heavy atom. The molecule has 1 aromatic heterocycles. The first-order valence-electron chi connectivity index (χ1n) is 12.6. The molecule has 1 heterocycles. The van der Waals surface area contributed by atoms with E-state index in [1.807, 2.05) is 54.4 Å². The van der Waals surface area contributed by atoms with Gasteiger partial charge in [-0.15, -0.1) is 23.7 Å². The third-order valence-electron chi connectivity index (χ3n) is 7.33. The topological polar surface area (TPSA) is 41.6 Å². The third kappa shape index (κ3) is 5.84. The number of nitrogens with one attached hydrogen (secondary N) is 1. The lowest BCUT2D eigenvalue weighted by molar-refractivity contribution is 0.0604. The molecule has 1 fully saturated rings. The van der Waals surface area contributed by atoms with E-state index in [0.29, 0.717) is 22.5 Å². The molecule has 0 radical (unpaired) electrons. The van der Waals surface area contributed by atoms with Crippen LogP contribution >= 0.6 is 35.3 Å². The van der Waals surface area contributed by atoms with Gasteiger partial charge >= 0.3 is 0 Å². The summed E-state index contributed by atoms with van der Waals surface area (Å²) in [6.07, 6.45) is 3.86. The Bertz CT molecular complexity index is 1400. The molecule has 38 heavy (non-hydrogen) atoms. The maximum atomic E-state index is 14.1. The Hall–Kier alpha value is -2.64. The first-order valence-corrected chi connectivity index (χ1v) is 13.8. The van der Waals surface area contributed by atoms with E-state index in [2.05, 4.69) is 5.32 Å². The first-order chi connectivity index (χ1) is 18.0. The quantitative estimate of drug-likeness (QED) is 0.244. The van der Waals surface area contributed by atoms with Crippen LogP contribution in [-0.2, 0) is 6.54 Å². The number of ether oxygens (including phenoxy) is 1. The van der Waals surface area contributed by atoms with Gasteiger partial charge in [-0.1, -0.05) is 48.0 Å². The van der Waals surface area contributed by atoms with E-state index in [9.17, 15) is 9.18 Å². The van der Waals surface area contributed by atoms with Crippen LogP contribution in [0.25, 0.3) is 21.2 Å². The number of benzene rings is 3. The van der Waals surface area contributed by atoms with Crippen LogP contribution in [0.1, 0.15) is 40.9 Å². The molecule has 1 N–H and O–H groups in total. The van der Waals surface area contributed by atoms with Gasteiger partial charge < -0.3 is 15.0 Å². The number of carbonyl (C=O) groups excluding carboxylic acids is 1. The second-order valence-corrected chi connectivity index (χ2v) is 10.9. The van der Waals surface area contributed by atoms with Gasteiger partial charge in [-0.2, -0.15) is 0 Å². The van der Waals surface area contributed by atoms with Crippen LogP contribution in [-0.4, -0.2) is 37.0 Å². The second-order valence-electron chi connectivity index (χ2n) is 9.50. The SMILES string of the molecule is CNC1CCC(N(Cc2cc(-c3ccc(F)cc3)ccc2OC)C(=O)c2sc3ccccc3c2Cl)CC1.Cl. The maximum absolute atomic E-state index is 14.1. The van der Waals surface area contributed by atoms with Gasteiger partial charge in [0.05, 0.1) is 12.1 Å². The molecule has 8 heteroatoms. The zero-order valence-electron chi connectivity index (χ0n) is 21.4. The summed E-state index contributed by atoms with van der Waals surface area (Å²) in [5, 5.41) is 4.81. The minimum atomic E-state index is -0.272. The molecule has 0 unspecified atom stereocenters. The van der Waals surface area contributed by atoms with Gasteiger partial charge in [0.2, 0.25) is 0 Å². The maximum Gasteiger partial charge on any atom is 0.266 e. The molecule has 1 amide bonds. The van der Waals surface area contributed by atoms with Gasteiger partial charge in [-0.25, -0.2) is 4.39 Å². The largest absolute Gasteiger partial charge is 0.496 e. The zero-order chi connectivity index (χ0) is 25.9. The van der Waals surface area contributed by atoms with Crippen molar-refractivity contribution in [3.05, 3.63) is 88.0 Å². The van der Waals surface area contributed by atoms with Crippen LogP contribution in [0.15, 0.2) is 66.7 Å². The van der Waals surface area contributed by atoms with Crippen molar-refractivity contribution in [2.24, 2.45) is 0 Å². The highest BCUT2D eigenvalue weighted by Crippen LogP contribution is 2.38. The van der Waals surface area contributed by atoms with E-state index in [0.717, 1.165) is 58.2 Å². The van der Waals surface area contributed by atoms with Crippen molar-refractivity contribution in [2.45, 2.75) is 44.3 Å². The van der Waals surface area contributed by atoms with Gasteiger partial charge in [0, 0.05) is 34.3 Å². The zero-order valence-corrected chi connectivity index (χ0v) is 23.8. The second kappa shape index (κ2) is 12.5. The van der Waals surface area contributed by atoms with E-state index in [4.69, 9.17) is 16.3 Å². The van der Waals surface area contributed by atoms with Crippen LogP contribution in [0.4, 0.5) is 4.39 Å². The van der Waals surface area contributed by atoms with Crippen molar-refractivity contribution in [3.8, 4) is 16.9 Å². The van der Waals surface area contributed by atoms with Crippen molar-refractivity contribution in [1.82, 2.24) is 10.2 Å². The monoisotopic (exact) mass is 572 g/mol. The number of carbonyl (C=O) groups is 1. The Labute approximate surface area is 238 Å². The smallest absolute Gasteiger partial charge is 0.266 e. The van der Waals surface area contributed by atoms with E-state index in [-0.39, 0.29) is 30.2 Å². The number of fused-ring (bicyclic) bond motifs is 1. The normalized spacial score (nSPS) is 17.2. The summed E-state index contributed by atoms with van der Waals surface area (Å²) in [6, 6.07) is 20.8. The summed E-state index contributed by atoms with van der Waals surface area (Å²) < 4.78 is 20.2. The predicted octanol–water partition coefficient (Wildman–Crippen LogP) is 7.96. The average Bonchev–Trinajstić information content (AvgIpc) is 3.28. The molecular weight excluding hydrogens is 542 g/mol. The molecule has 0 spiro atoms. The number of methoxy groups -OCH3 is 1. The molecule has 1 aliphatic carbocycles. The highest BCUT2D eigenvalue weighted by atomic mass is 35.5. The van der Waals surface area contributed by atoms with Crippen molar-refractivity contribution in [3.63, 3.8) is 0 Å². The average molecular weight is 574 g/mol. The van der Waals surface area contributed by atoms with Crippen LogP contribution in [0, 0.1) is 5.82 Å². The molecule has 1 aliphatic rings. The fourth-order valence-electron chi connectivity index (χ4n) is 5.23. The number of thiophene rings is 1. The van der Waals surface area contributed by atoms with E-state index in [1.165, 1.54) is 23.5 Å². The minimum absolute atomic E-state index is 0. The van der Waals surface area contributed by atoms with Gasteiger partial charge in [-0.05, 0) is 74.2 Å². The number of hydrogen-bond donors (Lipinski definition) is 1. The van der Waals surface area contributed by atoms with E-state index >= 15 is 0 Å². The third-order valence-corrected chi connectivity index (χ3v) is 9.00. The summed E-state index contributed by atoms with van der Waals surface area (Å²) in [5.74, 6) is 0.398. The number of hydrogen-bond acceptors (Lipinski definition) is 4. The molecule has 5 rings (SSSR count). The molecule has 3 aromatic carbocycles. The van der Waals surface area contributed by atoms with E-state index in [1.54, 1.807) is 19.2 Å². The highest BCUT2D eigenvalue weighted by molar-refractivity contribution is 7.21. The van der Waals surface area contributed by atoms with Crippen LogP contribution in [0.2, 0.25) is 5.02 Å². The summed E-state index contributed by atoms with van der Waals surface area (Å²) in [5.41, 5.74) is 2.76. The fourth-order valence-corrected chi connectivity index (χ4v) is 6.70. The van der Waals surface area contributed by atoms with Gasteiger partial charge in [0.25, 0.3) is 5.91 Å². The number of amides is 1. The van der Waals surface area contributed by atoms with Crippen LogP contribution < -0.4 is 10.1 Å². The number of rotatable bonds is 7. The Morgan fingerprint density at radius 2 is 1.74 bits per heavy atom. The Kier molecular flexibility index (Phi) is 9.32. The summed E-state index contributed by atoms with van der Waals surface area (Å²) in [4.78, 5) is 16.7. The standard InChI is InChI=1S/C30H30ClFN2O2S.ClH/c1-33-23-12-14-24(15-13-23)34(30(35)29-28(31)25-5-3-4-6-27(25)37-29)18-21-17-20(9-16-26(21)36-2)19-7-10-22(32)11-8-19;/h3-11,16-17,23-24,33H,12-15,18H2,1-2H3;1H. The molecular formula is C30H31Cl2FN2O2S. The Morgan fingerprint density at radius 1 is 1.05 bits per heavy atom. The first kappa shape index (κ1) is 28.4. The molecule has 1 saturated carbocycles. The van der Waals surface area contributed by atoms with Crippen molar-refractivity contribution in [1.29, 1.82) is 0 Å². The molecule has 4 nitrogen and oxygen atoms in total. The lowest BCUT2D eigenvalue weighted by Gasteiger charge is -2.37. The lowest BCUT2D eigenvalue weighted by atomic mass is 9.89. The number of halogens is 3. The van der Waals surface area contributed by atoms with Gasteiger partial charge in [-0.3, -0.25) is 4.79 Å². The molecule has 4 aromatic rings. The molecule has 0 aliphatic heterocycles. The molecule has 0 saturated heterocycles. The van der Waals surface area contributed by atoms with Crippen LogP contribution in [0.3, 0.4) is 0 Å². The van der Waals surface area contributed by atoms with Crippen molar-refractivity contribution >= 4 is 51.3 Å². The fraction of sp³-hybridized carbons (Fsp3) is 0.300. The summed E-state index contributed by atoms with van der Waals surface area (Å²) in [7, 11) is 3.64. The van der Waals surface area contributed by atoms with Crippen molar-refractivity contribution in [2.75, 3.05) is 14.2 Å². The minimum Gasteiger partial charge on any atom is -0.496 e. The molecule has 0 atom stereocenters. The Balaban J connectivity index is 0.00000336. The van der Waals surface area contributed by atoms with E-state index < -0.39 is 0 Å². The predicted molar refractivity (Wildman–Crippen MR) is 157 cm³/mol. The molecule has 0 bridgehead atoms. The lowest BCUT2D eigenvalue weighted by Crippen LogP contribution is -2.44. The van der Waals surface area contributed by atoms with Crippen molar-refractivity contribution < 1.29 is 13.9 Å². The summed E-state index contributed by atoms with van der Waals surface area (Å²) >= 11 is 8.21. The summed E-state index contributed by atoms with van der Waals surface area (Å²) in [6.45, 7) is 0.399. The highest BCUT2D eigenvalue weighted by Gasteiger charge is 2.32. The van der Waals surface area contributed by atoms with Gasteiger partial charge in [0.1, 0.15) is 16.4 Å². The van der Waals surface area contributed by atoms with Gasteiger partial charge in [0.15, 0.2) is 0 Å². The molecule has 200 valence electrons. The van der Waals surface area contributed by atoms with Crippen LogP contribution in [0.5, 0.6) is 5.75 Å². The number of nitrogens with zero attached hydrogens (tertiary/aromatic N) is 1.